The quantitative estimate of drug-likeness (QED) is 0.679. The van der Waals surface area contributed by atoms with Crippen molar-refractivity contribution in [1.82, 2.24) is 9.97 Å². The Kier molecular flexibility index (Phi) is 4.91. The lowest BCUT2D eigenvalue weighted by molar-refractivity contribution is 0.0157. The normalized spacial score (nSPS) is 25.4. The van der Waals surface area contributed by atoms with E-state index in [1.807, 2.05) is 0 Å². The van der Waals surface area contributed by atoms with Gasteiger partial charge in [0.25, 0.3) is 0 Å². The van der Waals surface area contributed by atoms with Crippen molar-refractivity contribution in [3.8, 4) is 11.8 Å². The molecule has 1 fully saturated rings. The molecule has 0 unspecified atom stereocenters. The predicted octanol–water partition coefficient (Wildman–Crippen LogP) is 0.861. The van der Waals surface area contributed by atoms with Gasteiger partial charge in [-0.3, -0.25) is 0 Å². The van der Waals surface area contributed by atoms with Crippen LogP contribution in [0, 0.1) is 23.0 Å². The minimum atomic E-state index is -1.11. The monoisotopic (exact) mass is 405 g/mol. The number of nitriles is 1. The molecule has 11 heteroatoms. The number of nitrogens with one attached hydrogen (secondary N) is 1. The molecule has 0 spiro atoms. The first-order valence-electron chi connectivity index (χ1n) is 8.78. The molecule has 3 heterocycles. The van der Waals surface area contributed by atoms with Crippen molar-refractivity contribution in [2.45, 2.75) is 38.1 Å². The second-order valence-electron chi connectivity index (χ2n) is 6.70. The molecule has 0 amide bonds. The van der Waals surface area contributed by atoms with Crippen LogP contribution in [0.5, 0.6) is 5.75 Å². The number of hydrogen-bond donors (Lipinski definition) is 3. The van der Waals surface area contributed by atoms with E-state index in [0.29, 0.717) is 17.2 Å². The van der Waals surface area contributed by atoms with Crippen molar-refractivity contribution >= 4 is 11.5 Å². The summed E-state index contributed by atoms with van der Waals surface area (Å²) in [6, 6.07) is 3.30. The molecule has 0 saturated carbocycles. The molecule has 0 aliphatic carbocycles. The Morgan fingerprint density at radius 1 is 1.31 bits per heavy atom. The van der Waals surface area contributed by atoms with Crippen LogP contribution in [0.3, 0.4) is 0 Å². The van der Waals surface area contributed by atoms with Gasteiger partial charge in [-0.2, -0.15) is 5.26 Å². The minimum Gasteiger partial charge on any atom is -0.487 e. The second-order valence-corrected chi connectivity index (χ2v) is 6.70. The van der Waals surface area contributed by atoms with Gasteiger partial charge in [-0.25, -0.2) is 18.7 Å². The highest BCUT2D eigenvalue weighted by Crippen LogP contribution is 2.36. The number of nitrogens with zero attached hydrogens (tertiary/aromatic N) is 4. The molecule has 2 aromatic rings. The lowest BCUT2D eigenvalue weighted by atomic mass is 10.1. The number of fused-ring (bicyclic) bond motifs is 1. The molecule has 0 radical (unpaired) electrons. The lowest BCUT2D eigenvalue weighted by Gasteiger charge is -2.26. The number of aliphatic hydroxyl groups excluding tert-OH is 2. The zero-order chi connectivity index (χ0) is 20.7. The summed E-state index contributed by atoms with van der Waals surface area (Å²) in [5, 5.41) is 32.0. The van der Waals surface area contributed by atoms with Gasteiger partial charge in [0, 0.05) is 12.1 Å². The summed E-state index contributed by atoms with van der Waals surface area (Å²) in [5.41, 5.74) is 0.264. The van der Waals surface area contributed by atoms with Crippen LogP contribution in [0.1, 0.15) is 18.2 Å². The third kappa shape index (κ3) is 3.31. The Labute approximate surface area is 164 Å². The fraction of sp³-hybridized carbons (Fsp3) is 0.389. The van der Waals surface area contributed by atoms with E-state index in [1.54, 1.807) is 11.8 Å². The largest absolute Gasteiger partial charge is 0.487 e. The molecule has 4 rings (SSSR count). The molecule has 2 aliphatic rings. The van der Waals surface area contributed by atoms with Crippen LogP contribution >= 0.6 is 0 Å². The molecule has 1 saturated heterocycles. The molecule has 0 bridgehead atoms. The van der Waals surface area contributed by atoms with Crippen molar-refractivity contribution in [1.29, 1.82) is 5.26 Å². The van der Waals surface area contributed by atoms with E-state index in [4.69, 9.17) is 14.7 Å². The second kappa shape index (κ2) is 7.40. The number of anilines is 2. The van der Waals surface area contributed by atoms with Gasteiger partial charge in [0.05, 0.1) is 12.8 Å². The van der Waals surface area contributed by atoms with Crippen LogP contribution in [-0.4, -0.2) is 51.4 Å². The molecule has 152 valence electrons. The molecule has 4 atom stereocenters. The number of benzene rings is 1. The molecular formula is C18H17F2N5O4. The van der Waals surface area contributed by atoms with Crippen LogP contribution in [0.25, 0.3) is 0 Å². The van der Waals surface area contributed by atoms with Crippen molar-refractivity contribution in [2.24, 2.45) is 0 Å². The van der Waals surface area contributed by atoms with Crippen LogP contribution < -0.4 is 15.0 Å². The van der Waals surface area contributed by atoms with E-state index < -0.39 is 41.7 Å². The van der Waals surface area contributed by atoms with Gasteiger partial charge in [-0.1, -0.05) is 0 Å². The molecule has 1 aromatic heterocycles. The van der Waals surface area contributed by atoms with Crippen molar-refractivity contribution in [2.75, 3.05) is 16.9 Å². The maximum Gasteiger partial charge on any atom is 0.162 e. The summed E-state index contributed by atoms with van der Waals surface area (Å²) in [6.45, 7) is 1.79. The number of aromatic nitrogens is 2. The fourth-order valence-electron chi connectivity index (χ4n) is 3.35. The van der Waals surface area contributed by atoms with E-state index in [1.165, 1.54) is 12.4 Å². The highest BCUT2D eigenvalue weighted by Gasteiger charge is 2.45. The summed E-state index contributed by atoms with van der Waals surface area (Å²) in [7, 11) is 0. The summed E-state index contributed by atoms with van der Waals surface area (Å²) in [4.78, 5) is 9.99. The maximum absolute atomic E-state index is 13.7. The zero-order valence-electron chi connectivity index (χ0n) is 15.2. The van der Waals surface area contributed by atoms with E-state index in [0.717, 1.165) is 12.1 Å². The first kappa shape index (κ1) is 19.3. The topological polar surface area (TPSA) is 124 Å². The van der Waals surface area contributed by atoms with Gasteiger partial charge in [-0.05, 0) is 6.92 Å². The molecule has 29 heavy (non-hydrogen) atoms. The molecule has 3 N–H and O–H groups in total. The van der Waals surface area contributed by atoms with Crippen molar-refractivity contribution in [3.05, 3.63) is 41.4 Å². The van der Waals surface area contributed by atoms with Gasteiger partial charge in [-0.15, -0.1) is 0 Å². The Bertz CT molecular complexity index is 962. The third-order valence-corrected chi connectivity index (χ3v) is 4.89. The molecular weight excluding hydrogens is 388 g/mol. The zero-order valence-corrected chi connectivity index (χ0v) is 15.2. The van der Waals surface area contributed by atoms with Crippen LogP contribution in [0.4, 0.5) is 20.3 Å². The first-order valence-corrected chi connectivity index (χ1v) is 8.78. The number of ether oxygens (including phenoxy) is 2. The molecule has 1 aromatic carbocycles. The van der Waals surface area contributed by atoms with Crippen molar-refractivity contribution in [3.63, 3.8) is 0 Å². The van der Waals surface area contributed by atoms with Crippen LogP contribution in [0.2, 0.25) is 0 Å². The van der Waals surface area contributed by atoms with E-state index in [2.05, 4.69) is 15.3 Å². The van der Waals surface area contributed by atoms with Crippen molar-refractivity contribution < 1.29 is 28.5 Å². The van der Waals surface area contributed by atoms with Gasteiger partial charge < -0.3 is 29.9 Å². The summed E-state index contributed by atoms with van der Waals surface area (Å²) in [6.07, 6.45) is -2.17. The van der Waals surface area contributed by atoms with Gasteiger partial charge in [0.2, 0.25) is 0 Å². The Hall–Kier alpha value is -3.07. The van der Waals surface area contributed by atoms with E-state index in [-0.39, 0.29) is 19.0 Å². The fourth-order valence-corrected chi connectivity index (χ4v) is 3.35. The number of halogens is 2. The van der Waals surface area contributed by atoms with E-state index >= 15 is 0 Å². The van der Waals surface area contributed by atoms with Gasteiger partial charge in [0.1, 0.15) is 65.5 Å². The first-order chi connectivity index (χ1) is 13.9. The Morgan fingerprint density at radius 3 is 2.66 bits per heavy atom. The number of rotatable bonds is 4. The van der Waals surface area contributed by atoms with Gasteiger partial charge >= 0.3 is 0 Å². The summed E-state index contributed by atoms with van der Waals surface area (Å²) < 4.78 is 38.5. The third-order valence-electron chi connectivity index (χ3n) is 4.89. The predicted molar refractivity (Wildman–Crippen MR) is 94.8 cm³/mol. The summed E-state index contributed by atoms with van der Waals surface area (Å²) >= 11 is 0. The molecule has 2 aliphatic heterocycles. The minimum absolute atomic E-state index is 0.0901. The standard InChI is InChI=1S/C18H17F2N5O4/c1-8-15(26)16(27)18(29-8)25-7-24-14-13(22-6-23-17(14)25)5-28-9-2-11(19)10(4-21)12(20)3-9/h2-3,6,8,15-16,18,24,26-27H,5,7H2,1H3/t8-,15-,16-,18-/m1/s1. The Morgan fingerprint density at radius 2 is 2.03 bits per heavy atom. The smallest absolute Gasteiger partial charge is 0.162 e. The summed E-state index contributed by atoms with van der Waals surface area (Å²) in [5.74, 6) is -1.67. The molecule has 9 nitrogen and oxygen atoms in total. The highest BCUT2D eigenvalue weighted by atomic mass is 19.1. The highest BCUT2D eigenvalue weighted by molar-refractivity contribution is 5.73. The number of aliphatic hydroxyl groups is 2. The maximum atomic E-state index is 13.7. The van der Waals surface area contributed by atoms with E-state index in [9.17, 15) is 19.0 Å². The lowest BCUT2D eigenvalue weighted by Crippen LogP contribution is -2.44. The van der Waals surface area contributed by atoms with Crippen LogP contribution in [0.15, 0.2) is 18.5 Å². The average molecular weight is 405 g/mol. The average Bonchev–Trinajstić information content (AvgIpc) is 3.23. The Balaban J connectivity index is 1.53. The van der Waals surface area contributed by atoms with Gasteiger partial charge in [0.15, 0.2) is 12.0 Å². The van der Waals surface area contributed by atoms with Crippen LogP contribution in [-0.2, 0) is 11.3 Å². The SMILES string of the molecule is C[C@H]1O[C@@H](N2CNc3c(COc4cc(F)c(C#N)c(F)c4)ncnc32)[C@H](O)[C@@H]1O. The number of hydrogen-bond acceptors (Lipinski definition) is 9.